The van der Waals surface area contributed by atoms with Crippen LogP contribution in [-0.2, 0) is 6.18 Å². The van der Waals surface area contributed by atoms with E-state index in [1.165, 1.54) is 6.07 Å². The highest BCUT2D eigenvalue weighted by Crippen LogP contribution is 2.29. The van der Waals surface area contributed by atoms with Gasteiger partial charge in [-0.15, -0.1) is 0 Å². The minimum absolute atomic E-state index is 0.0422. The molecule has 3 rings (SSSR count). The van der Waals surface area contributed by atoms with Crippen molar-refractivity contribution in [2.24, 2.45) is 0 Å². The van der Waals surface area contributed by atoms with Crippen LogP contribution in [0.1, 0.15) is 34.8 Å². The summed E-state index contributed by atoms with van der Waals surface area (Å²) in [6.45, 7) is 1.75. The van der Waals surface area contributed by atoms with Crippen LogP contribution in [0.4, 0.5) is 17.6 Å². The normalized spacial score (nSPS) is 12.6. The van der Waals surface area contributed by atoms with Gasteiger partial charge < -0.3 is 9.84 Å². The Morgan fingerprint density at radius 3 is 2.44 bits per heavy atom. The largest absolute Gasteiger partial charge is 0.471 e. The van der Waals surface area contributed by atoms with Crippen LogP contribution in [0.3, 0.4) is 0 Å². The third-order valence-corrected chi connectivity index (χ3v) is 3.79. The van der Waals surface area contributed by atoms with Gasteiger partial charge in [0, 0.05) is 5.56 Å². The molecule has 0 saturated carbocycles. The lowest BCUT2D eigenvalue weighted by atomic mass is 10.1. The van der Waals surface area contributed by atoms with Gasteiger partial charge >= 0.3 is 12.1 Å². The van der Waals surface area contributed by atoms with E-state index in [2.05, 4.69) is 20.0 Å². The van der Waals surface area contributed by atoms with Crippen molar-refractivity contribution in [1.29, 1.82) is 0 Å². The third-order valence-electron chi connectivity index (χ3n) is 3.79. The van der Waals surface area contributed by atoms with Crippen molar-refractivity contribution in [2.75, 3.05) is 0 Å². The van der Waals surface area contributed by atoms with Gasteiger partial charge in [-0.2, -0.15) is 18.2 Å². The van der Waals surface area contributed by atoms with Crippen LogP contribution in [-0.4, -0.2) is 16.0 Å². The first-order chi connectivity index (χ1) is 12.8. The number of benzene rings is 2. The molecule has 1 unspecified atom stereocenters. The van der Waals surface area contributed by atoms with Crippen LogP contribution in [0.15, 0.2) is 53.1 Å². The van der Waals surface area contributed by atoms with Crippen LogP contribution >= 0.6 is 0 Å². The molecule has 27 heavy (non-hydrogen) atoms. The fourth-order valence-corrected chi connectivity index (χ4v) is 2.39. The number of aromatic nitrogens is 2. The number of hydrogen-bond acceptors (Lipinski definition) is 4. The predicted octanol–water partition coefficient (Wildman–Crippen LogP) is 4.39. The van der Waals surface area contributed by atoms with E-state index < -0.39 is 29.6 Å². The second-order valence-corrected chi connectivity index (χ2v) is 5.72. The highest BCUT2D eigenvalue weighted by Gasteiger charge is 2.38. The number of carbonyl (C=O) groups is 1. The molecule has 1 aromatic heterocycles. The first-order valence-electron chi connectivity index (χ1n) is 7.82. The van der Waals surface area contributed by atoms with E-state index in [9.17, 15) is 22.4 Å². The molecule has 9 heteroatoms. The summed E-state index contributed by atoms with van der Waals surface area (Å²) in [5.74, 6) is -3.52. The monoisotopic (exact) mass is 379 g/mol. The van der Waals surface area contributed by atoms with Gasteiger partial charge in [-0.1, -0.05) is 41.6 Å². The summed E-state index contributed by atoms with van der Waals surface area (Å²) >= 11 is 0. The predicted molar refractivity (Wildman–Crippen MR) is 87.0 cm³/mol. The van der Waals surface area contributed by atoms with Crippen molar-refractivity contribution in [1.82, 2.24) is 15.5 Å². The number of rotatable bonds is 4. The molecule has 0 fully saturated rings. The number of hydrogen-bond donors (Lipinski definition) is 1. The lowest BCUT2D eigenvalue weighted by Gasteiger charge is -2.14. The zero-order chi connectivity index (χ0) is 19.6. The van der Waals surface area contributed by atoms with Crippen LogP contribution in [0, 0.1) is 5.82 Å². The first kappa shape index (κ1) is 18.6. The lowest BCUT2D eigenvalue weighted by Crippen LogP contribution is -2.27. The van der Waals surface area contributed by atoms with Crippen LogP contribution in [0.2, 0.25) is 0 Å². The number of alkyl halides is 3. The SMILES string of the molecule is CC(NC(=O)c1ccc(-c2noc(C(F)(F)F)n2)cc1F)c1ccccc1. The molecule has 1 atom stereocenters. The smallest absolute Gasteiger partial charge is 0.345 e. The molecule has 0 bridgehead atoms. The fraction of sp³-hybridized carbons (Fsp3) is 0.167. The van der Waals surface area contributed by atoms with E-state index in [-0.39, 0.29) is 17.2 Å². The van der Waals surface area contributed by atoms with Crippen molar-refractivity contribution >= 4 is 5.91 Å². The molecule has 5 nitrogen and oxygen atoms in total. The Morgan fingerprint density at radius 2 is 1.85 bits per heavy atom. The molecule has 1 N–H and O–H groups in total. The number of nitrogens with zero attached hydrogens (tertiary/aromatic N) is 2. The highest BCUT2D eigenvalue weighted by atomic mass is 19.4. The van der Waals surface area contributed by atoms with Crippen molar-refractivity contribution in [3.63, 3.8) is 0 Å². The molecule has 3 aromatic rings. The molecule has 140 valence electrons. The minimum atomic E-state index is -4.79. The Bertz CT molecular complexity index is 955. The molecular formula is C18H13F4N3O2. The van der Waals surface area contributed by atoms with Crippen LogP contribution in [0.25, 0.3) is 11.4 Å². The number of carbonyl (C=O) groups excluding carboxylic acids is 1. The van der Waals surface area contributed by atoms with Gasteiger partial charge in [0.15, 0.2) is 0 Å². The summed E-state index contributed by atoms with van der Waals surface area (Å²) in [7, 11) is 0. The van der Waals surface area contributed by atoms with Crippen molar-refractivity contribution < 1.29 is 26.9 Å². The molecule has 0 aliphatic heterocycles. The molecular weight excluding hydrogens is 366 g/mol. The number of amides is 1. The highest BCUT2D eigenvalue weighted by molar-refractivity contribution is 5.95. The summed E-state index contributed by atoms with van der Waals surface area (Å²) < 4.78 is 55.9. The second kappa shape index (κ2) is 7.18. The Labute approximate surface area is 151 Å². The summed E-state index contributed by atoms with van der Waals surface area (Å²) in [6, 6.07) is 12.0. The Morgan fingerprint density at radius 1 is 1.15 bits per heavy atom. The summed E-state index contributed by atoms with van der Waals surface area (Å²) in [4.78, 5) is 15.5. The quantitative estimate of drug-likeness (QED) is 0.683. The Balaban J connectivity index is 1.78. The van der Waals surface area contributed by atoms with Crippen LogP contribution < -0.4 is 5.32 Å². The summed E-state index contributed by atoms with van der Waals surface area (Å²) in [5.41, 5.74) is 0.551. The van der Waals surface area contributed by atoms with Gasteiger partial charge in [-0.25, -0.2) is 4.39 Å². The zero-order valence-corrected chi connectivity index (χ0v) is 13.9. The van der Waals surface area contributed by atoms with Gasteiger partial charge in [0.2, 0.25) is 5.82 Å². The van der Waals surface area contributed by atoms with E-state index >= 15 is 0 Å². The Kier molecular flexibility index (Phi) is 4.93. The number of nitrogens with one attached hydrogen (secondary N) is 1. The second-order valence-electron chi connectivity index (χ2n) is 5.72. The minimum Gasteiger partial charge on any atom is -0.345 e. The fourth-order valence-electron chi connectivity index (χ4n) is 2.39. The topological polar surface area (TPSA) is 68.0 Å². The van der Waals surface area contributed by atoms with E-state index in [0.717, 1.165) is 17.7 Å². The maximum Gasteiger partial charge on any atom is 0.471 e. The molecule has 0 spiro atoms. The average Bonchev–Trinajstić information content (AvgIpc) is 3.12. The molecule has 1 heterocycles. The van der Waals surface area contributed by atoms with E-state index in [1.54, 1.807) is 6.92 Å². The Hall–Kier alpha value is -3.23. The first-order valence-corrected chi connectivity index (χ1v) is 7.82. The summed E-state index contributed by atoms with van der Waals surface area (Å²) in [6.07, 6.45) is -4.79. The molecule has 1 amide bonds. The van der Waals surface area contributed by atoms with Crippen molar-refractivity contribution in [3.8, 4) is 11.4 Å². The molecule has 0 aliphatic carbocycles. The molecule has 0 aliphatic rings. The molecule has 2 aromatic carbocycles. The zero-order valence-electron chi connectivity index (χ0n) is 13.9. The lowest BCUT2D eigenvalue weighted by molar-refractivity contribution is -0.159. The third kappa shape index (κ3) is 4.13. The average molecular weight is 379 g/mol. The van der Waals surface area contributed by atoms with Gasteiger partial charge in [-0.3, -0.25) is 4.79 Å². The van der Waals surface area contributed by atoms with Crippen LogP contribution in [0.5, 0.6) is 0 Å². The number of halogens is 4. The molecule has 0 saturated heterocycles. The van der Waals surface area contributed by atoms with Crippen molar-refractivity contribution in [3.05, 3.63) is 71.4 Å². The standard InChI is InChI=1S/C18H13F4N3O2/c1-10(11-5-3-2-4-6-11)23-16(26)13-8-7-12(9-14(13)19)15-24-17(27-25-15)18(20,21)22/h2-10H,1H3,(H,23,26). The van der Waals surface area contributed by atoms with E-state index in [0.29, 0.717) is 0 Å². The maximum absolute atomic E-state index is 14.3. The van der Waals surface area contributed by atoms with Gasteiger partial charge in [0.05, 0.1) is 11.6 Å². The van der Waals surface area contributed by atoms with Gasteiger partial charge in [0.25, 0.3) is 5.91 Å². The van der Waals surface area contributed by atoms with E-state index in [4.69, 9.17) is 0 Å². The maximum atomic E-state index is 14.3. The van der Waals surface area contributed by atoms with Crippen molar-refractivity contribution in [2.45, 2.75) is 19.1 Å². The van der Waals surface area contributed by atoms with Gasteiger partial charge in [-0.05, 0) is 24.6 Å². The molecule has 0 radical (unpaired) electrons. The summed E-state index contributed by atoms with van der Waals surface area (Å²) in [5, 5.41) is 5.84. The van der Waals surface area contributed by atoms with E-state index in [1.807, 2.05) is 30.3 Å². The van der Waals surface area contributed by atoms with Gasteiger partial charge in [0.1, 0.15) is 5.82 Å².